The molecule has 2 rings (SSSR count). The molecule has 1 amide bonds. The van der Waals surface area contributed by atoms with Gasteiger partial charge in [0.2, 0.25) is 5.91 Å². The third-order valence-electron chi connectivity index (χ3n) is 3.70. The van der Waals surface area contributed by atoms with E-state index in [2.05, 4.69) is 18.5 Å². The molecular formula is C15H21ClN2OS. The van der Waals surface area contributed by atoms with Crippen LogP contribution in [0.1, 0.15) is 32.0 Å². The van der Waals surface area contributed by atoms with Gasteiger partial charge in [0, 0.05) is 16.8 Å². The van der Waals surface area contributed by atoms with Crippen LogP contribution in [-0.2, 0) is 4.79 Å². The minimum absolute atomic E-state index is 0.0423. The van der Waals surface area contributed by atoms with Gasteiger partial charge in [0.1, 0.15) is 6.17 Å². The lowest BCUT2D eigenvalue weighted by Gasteiger charge is -2.26. The van der Waals surface area contributed by atoms with Gasteiger partial charge >= 0.3 is 0 Å². The second-order valence-electron chi connectivity index (χ2n) is 5.12. The number of carbonyl (C=O) groups excluding carboxylic acids is 1. The van der Waals surface area contributed by atoms with Gasteiger partial charge in [-0.25, -0.2) is 0 Å². The van der Waals surface area contributed by atoms with Crippen LogP contribution in [0.3, 0.4) is 0 Å². The second-order valence-corrected chi connectivity index (χ2v) is 6.83. The lowest BCUT2D eigenvalue weighted by molar-refractivity contribution is -0.130. The molecule has 3 unspecified atom stereocenters. The van der Waals surface area contributed by atoms with Crippen LogP contribution in [0.15, 0.2) is 24.3 Å². The Bertz CT molecular complexity index is 465. The topological polar surface area (TPSA) is 32.3 Å². The molecule has 1 aliphatic rings. The van der Waals surface area contributed by atoms with Crippen molar-refractivity contribution in [2.24, 2.45) is 0 Å². The quantitative estimate of drug-likeness (QED) is 0.905. The van der Waals surface area contributed by atoms with Crippen LogP contribution < -0.4 is 5.32 Å². The molecule has 0 aromatic heterocycles. The fourth-order valence-corrected chi connectivity index (χ4v) is 2.88. The Morgan fingerprint density at radius 1 is 1.40 bits per heavy atom. The summed E-state index contributed by atoms with van der Waals surface area (Å²) in [5.41, 5.74) is 1.09. The number of nitrogens with zero attached hydrogens (tertiary/aromatic N) is 1. The van der Waals surface area contributed by atoms with Crippen LogP contribution in [-0.4, -0.2) is 34.9 Å². The van der Waals surface area contributed by atoms with E-state index >= 15 is 0 Å². The minimum Gasteiger partial charge on any atom is -0.320 e. The van der Waals surface area contributed by atoms with Crippen LogP contribution in [0.4, 0.5) is 0 Å². The molecule has 0 aliphatic carbocycles. The number of amides is 1. The van der Waals surface area contributed by atoms with E-state index in [0.29, 0.717) is 10.3 Å². The van der Waals surface area contributed by atoms with Crippen LogP contribution in [0.2, 0.25) is 5.02 Å². The van der Waals surface area contributed by atoms with Gasteiger partial charge in [0.15, 0.2) is 0 Å². The van der Waals surface area contributed by atoms with Crippen LogP contribution in [0.5, 0.6) is 0 Å². The van der Waals surface area contributed by atoms with Crippen molar-refractivity contribution in [1.29, 1.82) is 0 Å². The number of halogens is 1. The van der Waals surface area contributed by atoms with E-state index in [-0.39, 0.29) is 18.1 Å². The summed E-state index contributed by atoms with van der Waals surface area (Å²) in [4.78, 5) is 14.4. The van der Waals surface area contributed by atoms with Gasteiger partial charge in [0.05, 0.1) is 6.04 Å². The molecule has 0 saturated carbocycles. The molecular weight excluding hydrogens is 292 g/mol. The van der Waals surface area contributed by atoms with Crippen molar-refractivity contribution < 1.29 is 4.79 Å². The lowest BCUT2D eigenvalue weighted by atomic mass is 10.1. The number of thioether (sulfide) groups is 1. The molecule has 5 heteroatoms. The molecule has 1 aromatic rings. The van der Waals surface area contributed by atoms with Gasteiger partial charge in [-0.2, -0.15) is 11.8 Å². The lowest BCUT2D eigenvalue weighted by Crippen LogP contribution is -2.35. The minimum atomic E-state index is -0.0789. The fraction of sp³-hybridized carbons (Fsp3) is 0.533. The predicted octanol–water partition coefficient (Wildman–Crippen LogP) is 3.30. The molecule has 1 saturated heterocycles. The zero-order valence-electron chi connectivity index (χ0n) is 12.1. The van der Waals surface area contributed by atoms with Gasteiger partial charge in [-0.1, -0.05) is 37.6 Å². The SMILES string of the molecule is CCC1NC(c2ccc(Cl)cc2)N(CC(C)SC)C1=O. The highest BCUT2D eigenvalue weighted by atomic mass is 35.5. The van der Waals surface area contributed by atoms with Gasteiger partial charge < -0.3 is 4.90 Å². The molecule has 3 nitrogen and oxygen atoms in total. The van der Waals surface area contributed by atoms with Crippen molar-refractivity contribution in [2.45, 2.75) is 37.7 Å². The summed E-state index contributed by atoms with van der Waals surface area (Å²) in [6, 6.07) is 7.64. The Labute approximate surface area is 130 Å². The summed E-state index contributed by atoms with van der Waals surface area (Å²) in [5, 5.41) is 4.57. The Balaban J connectivity index is 2.23. The molecule has 1 aromatic carbocycles. The molecule has 20 heavy (non-hydrogen) atoms. The van der Waals surface area contributed by atoms with Crippen molar-refractivity contribution in [3.8, 4) is 0 Å². The number of carbonyl (C=O) groups is 1. The van der Waals surface area contributed by atoms with E-state index in [1.165, 1.54) is 0 Å². The normalized spacial score (nSPS) is 24.2. The number of hydrogen-bond donors (Lipinski definition) is 1. The van der Waals surface area contributed by atoms with Crippen molar-refractivity contribution in [2.75, 3.05) is 12.8 Å². The van der Waals surface area contributed by atoms with E-state index in [9.17, 15) is 4.79 Å². The second kappa shape index (κ2) is 6.83. The van der Waals surface area contributed by atoms with E-state index in [1.807, 2.05) is 36.1 Å². The molecule has 1 aliphatic heterocycles. The molecule has 0 radical (unpaired) electrons. The van der Waals surface area contributed by atoms with Crippen LogP contribution in [0, 0.1) is 0 Å². The molecule has 0 spiro atoms. The Kier molecular flexibility index (Phi) is 5.35. The number of nitrogens with one attached hydrogen (secondary N) is 1. The third-order valence-corrected chi connectivity index (χ3v) is 4.91. The monoisotopic (exact) mass is 312 g/mol. The first-order chi connectivity index (χ1) is 9.56. The summed E-state index contributed by atoms with van der Waals surface area (Å²) in [5.74, 6) is 0.202. The van der Waals surface area contributed by atoms with Crippen LogP contribution >= 0.6 is 23.4 Å². The molecule has 3 atom stereocenters. The standard InChI is InChI=1S/C15H21ClN2OS/c1-4-13-15(19)18(9-10(2)20-3)14(17-13)11-5-7-12(16)8-6-11/h5-8,10,13-14,17H,4,9H2,1-3H3. The van der Waals surface area contributed by atoms with Gasteiger partial charge in [-0.3, -0.25) is 10.1 Å². The first kappa shape index (κ1) is 15.7. The first-order valence-electron chi connectivity index (χ1n) is 6.91. The van der Waals surface area contributed by atoms with E-state index in [0.717, 1.165) is 18.5 Å². The Morgan fingerprint density at radius 2 is 2.05 bits per heavy atom. The fourth-order valence-electron chi connectivity index (χ4n) is 2.44. The van der Waals surface area contributed by atoms with Crippen molar-refractivity contribution in [3.63, 3.8) is 0 Å². The summed E-state index contributed by atoms with van der Waals surface area (Å²) in [6.45, 7) is 4.95. The van der Waals surface area contributed by atoms with Gasteiger partial charge in [0.25, 0.3) is 0 Å². The third kappa shape index (κ3) is 3.30. The zero-order chi connectivity index (χ0) is 14.7. The molecule has 1 N–H and O–H groups in total. The van der Waals surface area contributed by atoms with Crippen molar-refractivity contribution in [1.82, 2.24) is 10.2 Å². The number of hydrogen-bond acceptors (Lipinski definition) is 3. The first-order valence-corrected chi connectivity index (χ1v) is 8.58. The van der Waals surface area contributed by atoms with E-state index in [1.54, 1.807) is 11.8 Å². The summed E-state index contributed by atoms with van der Waals surface area (Å²) >= 11 is 7.72. The van der Waals surface area contributed by atoms with Crippen molar-refractivity contribution in [3.05, 3.63) is 34.9 Å². The van der Waals surface area contributed by atoms with Crippen molar-refractivity contribution >= 4 is 29.3 Å². The molecule has 1 heterocycles. The summed E-state index contributed by atoms with van der Waals surface area (Å²) in [7, 11) is 0. The summed E-state index contributed by atoms with van der Waals surface area (Å²) < 4.78 is 0. The highest BCUT2D eigenvalue weighted by molar-refractivity contribution is 7.99. The number of rotatable bonds is 5. The van der Waals surface area contributed by atoms with Crippen LogP contribution in [0.25, 0.3) is 0 Å². The smallest absolute Gasteiger partial charge is 0.241 e. The highest BCUT2D eigenvalue weighted by Gasteiger charge is 2.38. The Morgan fingerprint density at radius 3 is 2.60 bits per heavy atom. The molecule has 0 bridgehead atoms. The summed E-state index contributed by atoms with van der Waals surface area (Å²) in [6.07, 6.45) is 2.85. The molecule has 1 fully saturated rings. The zero-order valence-corrected chi connectivity index (χ0v) is 13.7. The average molecular weight is 313 g/mol. The Hall–Kier alpha value is -0.710. The van der Waals surface area contributed by atoms with E-state index < -0.39 is 0 Å². The molecule has 110 valence electrons. The predicted molar refractivity (Wildman–Crippen MR) is 86.1 cm³/mol. The average Bonchev–Trinajstić information content (AvgIpc) is 2.76. The van der Waals surface area contributed by atoms with E-state index in [4.69, 9.17) is 11.6 Å². The maximum Gasteiger partial charge on any atom is 0.241 e. The maximum atomic E-state index is 12.5. The highest BCUT2D eigenvalue weighted by Crippen LogP contribution is 2.28. The maximum absolute atomic E-state index is 12.5. The van der Waals surface area contributed by atoms with Gasteiger partial charge in [-0.05, 0) is 30.4 Å². The van der Waals surface area contributed by atoms with Gasteiger partial charge in [-0.15, -0.1) is 0 Å². The largest absolute Gasteiger partial charge is 0.320 e. The number of benzene rings is 1.